The number of hydrogen-bond acceptors (Lipinski definition) is 4. The molecule has 9 heteroatoms. The smallest absolute Gasteiger partial charge is 0.263 e. The molecule has 0 spiro atoms. The Morgan fingerprint density at radius 2 is 1.72 bits per heavy atom. The Hall–Kier alpha value is -1.42. The molecule has 0 radical (unpaired) electrons. The van der Waals surface area contributed by atoms with Gasteiger partial charge in [-0.2, -0.15) is 0 Å². The van der Waals surface area contributed by atoms with Gasteiger partial charge in [0, 0.05) is 10.5 Å². The van der Waals surface area contributed by atoms with Crippen LogP contribution in [0.15, 0.2) is 50.7 Å². The van der Waals surface area contributed by atoms with Crippen LogP contribution in [0.1, 0.15) is 18.1 Å². The first-order valence-corrected chi connectivity index (χ1v) is 11.3. The van der Waals surface area contributed by atoms with E-state index in [1.807, 2.05) is 6.92 Å². The third-order valence-corrected chi connectivity index (χ3v) is 7.94. The number of aryl methyl sites for hydroxylation is 1. The van der Waals surface area contributed by atoms with Gasteiger partial charge in [-0.3, -0.25) is 4.31 Å². The Bertz CT molecular complexity index is 1070. The van der Waals surface area contributed by atoms with E-state index >= 15 is 0 Å². The first-order valence-electron chi connectivity index (χ1n) is 7.48. The molecule has 1 heterocycles. The second kappa shape index (κ2) is 6.08. The van der Waals surface area contributed by atoms with Gasteiger partial charge in [-0.15, -0.1) is 0 Å². The molecule has 2 aromatic carbocycles. The molecule has 0 saturated heterocycles. The van der Waals surface area contributed by atoms with Crippen molar-refractivity contribution in [3.63, 3.8) is 0 Å². The van der Waals surface area contributed by atoms with Crippen LogP contribution in [0, 0.1) is 6.92 Å². The van der Waals surface area contributed by atoms with E-state index in [1.54, 1.807) is 25.1 Å². The summed E-state index contributed by atoms with van der Waals surface area (Å²) >= 11 is 3.37. The molecular formula is C16H17BrN2O4S2. The summed E-state index contributed by atoms with van der Waals surface area (Å²) in [6, 6.07) is 8.83. The summed E-state index contributed by atoms with van der Waals surface area (Å²) in [5.74, 6) is 0. The zero-order valence-corrected chi connectivity index (χ0v) is 16.8. The number of nitrogens with zero attached hydrogens (tertiary/aromatic N) is 1. The van der Waals surface area contributed by atoms with E-state index < -0.39 is 20.0 Å². The van der Waals surface area contributed by atoms with Gasteiger partial charge in [-0.1, -0.05) is 15.9 Å². The molecule has 0 aliphatic carbocycles. The van der Waals surface area contributed by atoms with Crippen molar-refractivity contribution in [2.45, 2.75) is 36.1 Å². The number of rotatable bonds is 3. The van der Waals surface area contributed by atoms with Gasteiger partial charge in [0.25, 0.3) is 10.0 Å². The summed E-state index contributed by atoms with van der Waals surface area (Å²) in [5, 5.41) is 5.16. The van der Waals surface area contributed by atoms with Gasteiger partial charge in [0.2, 0.25) is 10.0 Å². The van der Waals surface area contributed by atoms with Crippen molar-refractivity contribution < 1.29 is 16.8 Å². The molecule has 6 nitrogen and oxygen atoms in total. The van der Waals surface area contributed by atoms with E-state index in [9.17, 15) is 16.8 Å². The minimum absolute atomic E-state index is 0.0165. The topological polar surface area (TPSA) is 97.5 Å². The number of halogens is 1. The predicted molar refractivity (Wildman–Crippen MR) is 99.5 cm³/mol. The van der Waals surface area contributed by atoms with Crippen molar-refractivity contribution in [3.05, 3.63) is 52.0 Å². The number of anilines is 1. The Labute approximate surface area is 155 Å². The Balaban J connectivity index is 2.11. The quantitative estimate of drug-likeness (QED) is 0.785. The Morgan fingerprint density at radius 1 is 1.08 bits per heavy atom. The Kier molecular flexibility index (Phi) is 4.47. The highest BCUT2D eigenvalue weighted by atomic mass is 79.9. The van der Waals surface area contributed by atoms with Gasteiger partial charge in [-0.05, 0) is 67.8 Å². The minimum atomic E-state index is -3.83. The summed E-state index contributed by atoms with van der Waals surface area (Å²) in [6.07, 6.45) is 0.424. The van der Waals surface area contributed by atoms with Crippen LogP contribution in [0.2, 0.25) is 0 Å². The molecular weight excluding hydrogens is 428 g/mol. The summed E-state index contributed by atoms with van der Waals surface area (Å²) in [7, 11) is -7.59. The highest BCUT2D eigenvalue weighted by molar-refractivity contribution is 9.10. The summed E-state index contributed by atoms with van der Waals surface area (Å²) in [4.78, 5) is 0.181. The van der Waals surface area contributed by atoms with Crippen LogP contribution in [-0.4, -0.2) is 22.9 Å². The van der Waals surface area contributed by atoms with Gasteiger partial charge in [0.1, 0.15) is 0 Å². The second-order valence-corrected chi connectivity index (χ2v) is 10.3. The molecule has 3 rings (SSSR count). The first kappa shape index (κ1) is 18.4. The van der Waals surface area contributed by atoms with Crippen molar-refractivity contribution in [2.75, 3.05) is 4.31 Å². The number of nitrogens with two attached hydrogens (primary N) is 1. The van der Waals surface area contributed by atoms with Crippen LogP contribution in [0.25, 0.3) is 0 Å². The van der Waals surface area contributed by atoms with Crippen molar-refractivity contribution in [1.82, 2.24) is 0 Å². The van der Waals surface area contributed by atoms with Crippen molar-refractivity contribution in [3.8, 4) is 0 Å². The maximum atomic E-state index is 13.1. The third-order valence-electron chi connectivity index (χ3n) is 4.22. The molecule has 1 unspecified atom stereocenters. The number of primary sulfonamides is 1. The molecule has 0 aromatic heterocycles. The minimum Gasteiger partial charge on any atom is -0.263 e. The zero-order chi connectivity index (χ0) is 18.6. The van der Waals surface area contributed by atoms with E-state index in [0.29, 0.717) is 17.7 Å². The molecule has 0 bridgehead atoms. The maximum Gasteiger partial charge on any atom is 0.264 e. The monoisotopic (exact) mass is 444 g/mol. The van der Waals surface area contributed by atoms with Gasteiger partial charge in [-0.25, -0.2) is 22.0 Å². The van der Waals surface area contributed by atoms with Crippen molar-refractivity contribution in [2.24, 2.45) is 5.14 Å². The first-order chi connectivity index (χ1) is 11.5. The van der Waals surface area contributed by atoms with Gasteiger partial charge in [0.15, 0.2) is 0 Å². The van der Waals surface area contributed by atoms with Crippen LogP contribution in [-0.2, 0) is 26.5 Å². The van der Waals surface area contributed by atoms with E-state index in [-0.39, 0.29) is 15.8 Å². The molecule has 1 atom stereocenters. The molecule has 0 saturated carbocycles. The van der Waals surface area contributed by atoms with Crippen LogP contribution < -0.4 is 9.44 Å². The molecule has 2 aromatic rings. The third kappa shape index (κ3) is 3.21. The molecule has 1 aliphatic heterocycles. The highest BCUT2D eigenvalue weighted by Gasteiger charge is 2.36. The fourth-order valence-corrected chi connectivity index (χ4v) is 5.60. The molecule has 25 heavy (non-hydrogen) atoms. The summed E-state index contributed by atoms with van der Waals surface area (Å²) in [5.41, 5.74) is 1.95. The molecule has 0 amide bonds. The Morgan fingerprint density at radius 3 is 2.32 bits per heavy atom. The van der Waals surface area contributed by atoms with Crippen LogP contribution in [0.3, 0.4) is 0 Å². The van der Waals surface area contributed by atoms with E-state index in [2.05, 4.69) is 15.9 Å². The van der Waals surface area contributed by atoms with Gasteiger partial charge in [0.05, 0.1) is 15.5 Å². The van der Waals surface area contributed by atoms with E-state index in [0.717, 1.165) is 10.0 Å². The number of fused-ring (bicyclic) bond motifs is 1. The van der Waals surface area contributed by atoms with E-state index in [4.69, 9.17) is 5.14 Å². The number of hydrogen-bond donors (Lipinski definition) is 1. The standard InChI is InChI=1S/C16H17BrN2O4S2/c1-10-7-14(3-5-15(10)17)25(22,23)19-11(2)8-12-9-13(24(18,20)21)4-6-16(12)19/h3-7,9,11H,8H2,1-2H3,(H2,18,20,21). The van der Waals surface area contributed by atoms with E-state index in [1.165, 1.54) is 22.5 Å². The maximum absolute atomic E-state index is 13.1. The number of benzene rings is 2. The summed E-state index contributed by atoms with van der Waals surface area (Å²) < 4.78 is 51.5. The lowest BCUT2D eigenvalue weighted by Gasteiger charge is -2.24. The fraction of sp³-hybridized carbons (Fsp3) is 0.250. The zero-order valence-electron chi connectivity index (χ0n) is 13.6. The van der Waals surface area contributed by atoms with Crippen LogP contribution in [0.4, 0.5) is 5.69 Å². The highest BCUT2D eigenvalue weighted by Crippen LogP contribution is 2.38. The number of sulfonamides is 2. The lowest BCUT2D eigenvalue weighted by atomic mass is 10.1. The second-order valence-electron chi connectivity index (χ2n) is 6.10. The lowest BCUT2D eigenvalue weighted by molar-refractivity contribution is 0.584. The average Bonchev–Trinajstić information content (AvgIpc) is 2.84. The van der Waals surface area contributed by atoms with Crippen LogP contribution in [0.5, 0.6) is 0 Å². The predicted octanol–water partition coefficient (Wildman–Crippen LogP) is 2.54. The van der Waals surface area contributed by atoms with Gasteiger partial charge >= 0.3 is 0 Å². The fourth-order valence-electron chi connectivity index (χ4n) is 3.01. The molecule has 2 N–H and O–H groups in total. The molecule has 1 aliphatic rings. The lowest BCUT2D eigenvalue weighted by Crippen LogP contribution is -2.35. The average molecular weight is 445 g/mol. The van der Waals surface area contributed by atoms with Crippen molar-refractivity contribution in [1.29, 1.82) is 0 Å². The molecule has 0 fully saturated rings. The normalized spacial score (nSPS) is 17.6. The summed E-state index contributed by atoms with van der Waals surface area (Å²) in [6.45, 7) is 3.61. The largest absolute Gasteiger partial charge is 0.264 e. The van der Waals surface area contributed by atoms with Crippen LogP contribution >= 0.6 is 15.9 Å². The molecule has 134 valence electrons. The van der Waals surface area contributed by atoms with Crippen molar-refractivity contribution >= 4 is 41.7 Å². The van der Waals surface area contributed by atoms with Gasteiger partial charge < -0.3 is 0 Å². The SMILES string of the molecule is Cc1cc(S(=O)(=O)N2c3ccc(S(N)(=O)=O)cc3CC2C)ccc1Br.